The maximum atomic E-state index is 12.8. The lowest BCUT2D eigenvalue weighted by atomic mass is 10.2. The lowest BCUT2D eigenvalue weighted by Gasteiger charge is -2.06. The average Bonchev–Trinajstić information content (AvgIpc) is 2.80. The zero-order chi connectivity index (χ0) is 12.3. The fourth-order valence-electron chi connectivity index (χ4n) is 1.33. The first-order valence-corrected chi connectivity index (χ1v) is 4.82. The summed E-state index contributed by atoms with van der Waals surface area (Å²) in [7, 11) is 0. The number of aromatic nitrogens is 1. The van der Waals surface area contributed by atoms with Crippen LogP contribution in [0.3, 0.4) is 0 Å². The Morgan fingerprint density at radius 2 is 2.41 bits per heavy atom. The molecule has 88 valence electrons. The topological polar surface area (TPSA) is 75.4 Å². The minimum atomic E-state index is -1.24. The molecule has 2 N–H and O–H groups in total. The number of halogens is 1. The van der Waals surface area contributed by atoms with Crippen molar-refractivity contribution in [1.29, 1.82) is 0 Å². The van der Waals surface area contributed by atoms with Crippen LogP contribution in [0, 0.1) is 5.82 Å². The summed E-state index contributed by atoms with van der Waals surface area (Å²) in [5.74, 6) is -1.19. The molecule has 0 aliphatic carbocycles. The lowest BCUT2D eigenvalue weighted by molar-refractivity contribution is 0.0697. The van der Waals surface area contributed by atoms with Crippen LogP contribution in [-0.4, -0.2) is 16.1 Å². The predicted octanol–water partition coefficient (Wildman–Crippen LogP) is 2.12. The molecule has 0 spiro atoms. The van der Waals surface area contributed by atoms with E-state index in [1.165, 1.54) is 6.26 Å². The van der Waals surface area contributed by atoms with Gasteiger partial charge in [0, 0.05) is 0 Å². The molecular weight excluding hydrogens is 227 g/mol. The second-order valence-corrected chi connectivity index (χ2v) is 3.29. The van der Waals surface area contributed by atoms with E-state index in [0.29, 0.717) is 5.76 Å². The summed E-state index contributed by atoms with van der Waals surface area (Å²) < 4.78 is 17.9. The average molecular weight is 236 g/mol. The van der Waals surface area contributed by atoms with E-state index >= 15 is 0 Å². The molecule has 0 aliphatic rings. The van der Waals surface area contributed by atoms with Gasteiger partial charge in [0.25, 0.3) is 0 Å². The highest BCUT2D eigenvalue weighted by atomic mass is 19.1. The van der Waals surface area contributed by atoms with Crippen LogP contribution in [0.4, 0.5) is 10.2 Å². The van der Waals surface area contributed by atoms with Crippen molar-refractivity contribution < 1.29 is 18.7 Å². The number of hydrogen-bond acceptors (Lipinski definition) is 4. The molecule has 5 nitrogen and oxygen atoms in total. The first-order chi connectivity index (χ1) is 8.16. The molecule has 0 aromatic carbocycles. The molecule has 2 aromatic rings. The third kappa shape index (κ3) is 2.60. The van der Waals surface area contributed by atoms with Crippen molar-refractivity contribution in [2.45, 2.75) is 6.54 Å². The Kier molecular flexibility index (Phi) is 3.04. The number of hydrogen-bond donors (Lipinski definition) is 2. The maximum Gasteiger partial charge on any atom is 0.339 e. The first-order valence-electron chi connectivity index (χ1n) is 4.82. The van der Waals surface area contributed by atoms with E-state index in [9.17, 15) is 9.18 Å². The second kappa shape index (κ2) is 4.65. The molecule has 0 fully saturated rings. The smallest absolute Gasteiger partial charge is 0.339 e. The van der Waals surface area contributed by atoms with E-state index in [0.717, 1.165) is 12.3 Å². The van der Waals surface area contributed by atoms with E-state index in [4.69, 9.17) is 9.52 Å². The van der Waals surface area contributed by atoms with Crippen molar-refractivity contribution in [3.8, 4) is 0 Å². The van der Waals surface area contributed by atoms with Crippen LogP contribution in [0.2, 0.25) is 0 Å². The van der Waals surface area contributed by atoms with Gasteiger partial charge < -0.3 is 14.8 Å². The van der Waals surface area contributed by atoms with Gasteiger partial charge in [0.1, 0.15) is 23.0 Å². The highest BCUT2D eigenvalue weighted by molar-refractivity contribution is 5.93. The second-order valence-electron chi connectivity index (χ2n) is 3.29. The summed E-state index contributed by atoms with van der Waals surface area (Å²) in [6.07, 6.45) is 2.46. The number of nitrogens with zero attached hydrogens (tertiary/aromatic N) is 1. The van der Waals surface area contributed by atoms with Crippen LogP contribution in [0.15, 0.2) is 35.1 Å². The number of rotatable bonds is 4. The SMILES string of the molecule is O=C(O)c1cc(F)cnc1NCc1ccco1. The number of carboxylic acid groups (broad SMARTS) is 1. The first kappa shape index (κ1) is 11.1. The molecule has 0 amide bonds. The largest absolute Gasteiger partial charge is 0.478 e. The van der Waals surface area contributed by atoms with Gasteiger partial charge in [-0.1, -0.05) is 0 Å². The molecular formula is C11H9FN2O3. The van der Waals surface area contributed by atoms with Gasteiger partial charge in [-0.15, -0.1) is 0 Å². The van der Waals surface area contributed by atoms with Crippen LogP contribution in [-0.2, 0) is 6.54 Å². The Balaban J connectivity index is 2.17. The molecule has 2 heterocycles. The molecule has 0 aliphatic heterocycles. The zero-order valence-electron chi connectivity index (χ0n) is 8.68. The van der Waals surface area contributed by atoms with Gasteiger partial charge in [-0.25, -0.2) is 14.2 Å². The van der Waals surface area contributed by atoms with Gasteiger partial charge in [-0.2, -0.15) is 0 Å². The van der Waals surface area contributed by atoms with Gasteiger partial charge >= 0.3 is 5.97 Å². The molecule has 0 unspecified atom stereocenters. The molecule has 0 atom stereocenters. The Hall–Kier alpha value is -2.37. The lowest BCUT2D eigenvalue weighted by Crippen LogP contribution is -2.08. The molecule has 0 saturated carbocycles. The van der Waals surface area contributed by atoms with Crippen molar-refractivity contribution in [3.05, 3.63) is 47.8 Å². The summed E-state index contributed by atoms with van der Waals surface area (Å²) in [6.45, 7) is 0.284. The van der Waals surface area contributed by atoms with Gasteiger partial charge in [0.2, 0.25) is 0 Å². The fraction of sp³-hybridized carbons (Fsp3) is 0.0909. The number of furan rings is 1. The number of carbonyl (C=O) groups is 1. The molecule has 0 saturated heterocycles. The Bertz CT molecular complexity index is 526. The van der Waals surface area contributed by atoms with Crippen LogP contribution in [0.25, 0.3) is 0 Å². The number of nitrogens with one attached hydrogen (secondary N) is 1. The highest BCUT2D eigenvalue weighted by Crippen LogP contribution is 2.14. The number of anilines is 1. The third-order valence-electron chi connectivity index (χ3n) is 2.09. The van der Waals surface area contributed by atoms with E-state index in [2.05, 4.69) is 10.3 Å². The molecule has 2 rings (SSSR count). The summed E-state index contributed by atoms with van der Waals surface area (Å²) in [5, 5.41) is 11.6. The van der Waals surface area contributed by atoms with Crippen molar-refractivity contribution in [1.82, 2.24) is 4.98 Å². The van der Waals surface area contributed by atoms with Crippen LogP contribution in [0.5, 0.6) is 0 Å². The van der Waals surface area contributed by atoms with E-state index in [1.807, 2.05) is 0 Å². The molecule has 6 heteroatoms. The fourth-order valence-corrected chi connectivity index (χ4v) is 1.33. The Morgan fingerprint density at radius 3 is 3.06 bits per heavy atom. The zero-order valence-corrected chi connectivity index (χ0v) is 8.68. The summed E-state index contributed by atoms with van der Waals surface area (Å²) in [6, 6.07) is 4.37. The van der Waals surface area contributed by atoms with E-state index in [-0.39, 0.29) is 17.9 Å². The van der Waals surface area contributed by atoms with Gasteiger partial charge in [0.05, 0.1) is 19.0 Å². The van der Waals surface area contributed by atoms with Crippen LogP contribution >= 0.6 is 0 Å². The normalized spacial score (nSPS) is 10.2. The van der Waals surface area contributed by atoms with Crippen molar-refractivity contribution in [2.75, 3.05) is 5.32 Å². The van der Waals surface area contributed by atoms with E-state index in [1.54, 1.807) is 12.1 Å². The molecule has 17 heavy (non-hydrogen) atoms. The van der Waals surface area contributed by atoms with Gasteiger partial charge in [-0.05, 0) is 18.2 Å². The van der Waals surface area contributed by atoms with Crippen molar-refractivity contribution >= 4 is 11.8 Å². The van der Waals surface area contributed by atoms with Crippen molar-refractivity contribution in [3.63, 3.8) is 0 Å². The van der Waals surface area contributed by atoms with Gasteiger partial charge in [0.15, 0.2) is 0 Å². The maximum absolute atomic E-state index is 12.8. The summed E-state index contributed by atoms with van der Waals surface area (Å²) >= 11 is 0. The monoisotopic (exact) mass is 236 g/mol. The molecule has 0 radical (unpaired) electrons. The Labute approximate surface area is 95.9 Å². The number of aromatic carboxylic acids is 1. The van der Waals surface area contributed by atoms with E-state index < -0.39 is 11.8 Å². The van der Waals surface area contributed by atoms with Crippen molar-refractivity contribution in [2.24, 2.45) is 0 Å². The standard InChI is InChI=1S/C11H9FN2O3/c12-7-4-9(11(15)16)10(13-5-7)14-6-8-2-1-3-17-8/h1-5H,6H2,(H,13,14)(H,15,16). The van der Waals surface area contributed by atoms with Crippen LogP contribution in [0.1, 0.15) is 16.1 Å². The van der Waals surface area contributed by atoms with Crippen LogP contribution < -0.4 is 5.32 Å². The summed E-state index contributed by atoms with van der Waals surface area (Å²) in [5.41, 5.74) is -0.212. The van der Waals surface area contributed by atoms with Gasteiger partial charge in [-0.3, -0.25) is 0 Å². The predicted molar refractivity (Wildman–Crippen MR) is 57.2 cm³/mol. The molecule has 2 aromatic heterocycles. The summed E-state index contributed by atoms with van der Waals surface area (Å²) in [4.78, 5) is 14.6. The minimum absolute atomic E-state index is 0.107. The Morgan fingerprint density at radius 1 is 1.59 bits per heavy atom. The number of pyridine rings is 1. The quantitative estimate of drug-likeness (QED) is 0.850. The minimum Gasteiger partial charge on any atom is -0.478 e. The highest BCUT2D eigenvalue weighted by Gasteiger charge is 2.12. The third-order valence-corrected chi connectivity index (χ3v) is 2.09. The number of carboxylic acids is 1. The molecule has 0 bridgehead atoms.